The molecule has 1 aromatic carbocycles. The fraction of sp³-hybridized carbons (Fsp3) is 0.222. The van der Waals surface area contributed by atoms with Crippen LogP contribution in [-0.2, 0) is 10.1 Å². The van der Waals surface area contributed by atoms with E-state index in [4.69, 9.17) is 11.6 Å². The summed E-state index contributed by atoms with van der Waals surface area (Å²) in [5.41, 5.74) is 0.404. The smallest absolute Gasteiger partial charge is 0.306 e. The van der Waals surface area contributed by atoms with Crippen molar-refractivity contribution < 1.29 is 17.4 Å². The van der Waals surface area contributed by atoms with E-state index in [-0.39, 0.29) is 16.6 Å². The average Bonchev–Trinajstić information content (AvgIpc) is 2.05. The molecule has 0 aliphatic heterocycles. The summed E-state index contributed by atoms with van der Waals surface area (Å²) in [4.78, 5) is 11.0. The maximum absolute atomic E-state index is 11.0. The molecule has 1 aromatic rings. The Hall–Kier alpha value is -1.07. The van der Waals surface area contributed by atoms with Gasteiger partial charge in [0.15, 0.2) is 11.5 Å². The van der Waals surface area contributed by atoms with Gasteiger partial charge < -0.3 is 4.18 Å². The predicted molar refractivity (Wildman–Crippen MR) is 56.9 cm³/mol. The van der Waals surface area contributed by atoms with Crippen molar-refractivity contribution in [2.75, 3.05) is 6.26 Å². The Morgan fingerprint density at radius 1 is 1.40 bits per heavy atom. The highest BCUT2D eigenvalue weighted by atomic mass is 35.5. The first-order valence-electron chi connectivity index (χ1n) is 3.99. The number of hydrogen-bond acceptors (Lipinski definition) is 4. The molecule has 0 aromatic heterocycles. The van der Waals surface area contributed by atoms with Gasteiger partial charge in [0.05, 0.1) is 11.3 Å². The minimum Gasteiger partial charge on any atom is -0.381 e. The molecule has 0 heterocycles. The molecular weight excluding hydrogens is 240 g/mol. The maximum atomic E-state index is 11.0. The van der Waals surface area contributed by atoms with E-state index in [1.807, 2.05) is 0 Å². The average molecular weight is 249 g/mol. The van der Waals surface area contributed by atoms with Crippen LogP contribution in [-0.4, -0.2) is 20.5 Å². The summed E-state index contributed by atoms with van der Waals surface area (Å²) in [7, 11) is -3.60. The zero-order chi connectivity index (χ0) is 11.6. The van der Waals surface area contributed by atoms with Gasteiger partial charge in [0, 0.05) is 5.56 Å². The monoisotopic (exact) mass is 248 g/mol. The number of benzene rings is 1. The first kappa shape index (κ1) is 12.0. The summed E-state index contributed by atoms with van der Waals surface area (Å²) >= 11 is 5.74. The second-order valence-electron chi connectivity index (χ2n) is 2.99. The molecule has 82 valence electrons. The highest BCUT2D eigenvalue weighted by Gasteiger charge is 2.10. The Morgan fingerprint density at radius 3 is 2.40 bits per heavy atom. The van der Waals surface area contributed by atoms with E-state index in [1.54, 1.807) is 0 Å². The molecule has 0 amide bonds. The third-order valence-electron chi connectivity index (χ3n) is 1.58. The summed E-state index contributed by atoms with van der Waals surface area (Å²) in [5.74, 6) is -0.132. The van der Waals surface area contributed by atoms with Crippen molar-refractivity contribution in [2.24, 2.45) is 0 Å². The van der Waals surface area contributed by atoms with Crippen LogP contribution in [0.1, 0.15) is 17.3 Å². The summed E-state index contributed by atoms with van der Waals surface area (Å²) in [6, 6.07) is 4.17. The molecule has 15 heavy (non-hydrogen) atoms. The Labute approximate surface area is 92.9 Å². The van der Waals surface area contributed by atoms with Crippen LogP contribution >= 0.6 is 11.6 Å². The van der Waals surface area contributed by atoms with E-state index >= 15 is 0 Å². The number of rotatable bonds is 3. The Balaban J connectivity index is 3.09. The zero-order valence-electron chi connectivity index (χ0n) is 8.15. The van der Waals surface area contributed by atoms with E-state index in [1.165, 1.54) is 25.1 Å². The number of halogens is 1. The standard InChI is InChI=1S/C9H9ClO4S/c1-6(11)7-3-4-9(8(10)5-7)14-15(2,12)13/h3-5H,1-2H3. The lowest BCUT2D eigenvalue weighted by atomic mass is 10.1. The van der Waals surface area contributed by atoms with Gasteiger partial charge in [-0.15, -0.1) is 0 Å². The minimum atomic E-state index is -3.60. The first-order chi connectivity index (χ1) is 6.79. The first-order valence-corrected chi connectivity index (χ1v) is 6.19. The molecule has 4 nitrogen and oxygen atoms in total. The van der Waals surface area contributed by atoms with Crippen molar-refractivity contribution in [3.05, 3.63) is 28.8 Å². The number of Topliss-reactive ketones (excluding diaryl/α,β-unsaturated/α-hetero) is 1. The number of carbonyl (C=O) groups excluding carboxylic acids is 1. The van der Waals surface area contributed by atoms with E-state index in [0.717, 1.165) is 6.26 Å². The molecule has 1 rings (SSSR count). The van der Waals surface area contributed by atoms with E-state index in [9.17, 15) is 13.2 Å². The largest absolute Gasteiger partial charge is 0.381 e. The van der Waals surface area contributed by atoms with Crippen LogP contribution in [0.25, 0.3) is 0 Å². The lowest BCUT2D eigenvalue weighted by Gasteiger charge is -2.05. The van der Waals surface area contributed by atoms with Gasteiger partial charge in [-0.25, -0.2) is 0 Å². The van der Waals surface area contributed by atoms with Gasteiger partial charge in [0.2, 0.25) is 0 Å². The Bertz CT molecular complexity index is 493. The van der Waals surface area contributed by atoms with Crippen molar-refractivity contribution in [2.45, 2.75) is 6.92 Å². The molecule has 0 radical (unpaired) electrons. The molecule has 0 atom stereocenters. The Morgan fingerprint density at radius 2 is 2.00 bits per heavy atom. The lowest BCUT2D eigenvalue weighted by Crippen LogP contribution is -2.06. The third kappa shape index (κ3) is 3.53. The number of ketones is 1. The fourth-order valence-electron chi connectivity index (χ4n) is 0.950. The van der Waals surface area contributed by atoms with Crippen LogP contribution in [0.3, 0.4) is 0 Å². The quantitative estimate of drug-likeness (QED) is 0.605. The number of hydrogen-bond donors (Lipinski definition) is 0. The van der Waals surface area contributed by atoms with E-state index < -0.39 is 10.1 Å². The molecule has 0 saturated heterocycles. The predicted octanol–water partition coefficient (Wildman–Crippen LogP) is 1.88. The van der Waals surface area contributed by atoms with Crippen LogP contribution in [0.4, 0.5) is 0 Å². The third-order valence-corrected chi connectivity index (χ3v) is 2.36. The molecule has 0 spiro atoms. The second-order valence-corrected chi connectivity index (χ2v) is 4.97. The lowest BCUT2D eigenvalue weighted by molar-refractivity contribution is 0.101. The molecule has 0 unspecified atom stereocenters. The van der Waals surface area contributed by atoms with Gasteiger partial charge in [-0.1, -0.05) is 11.6 Å². The van der Waals surface area contributed by atoms with E-state index in [0.29, 0.717) is 5.56 Å². The van der Waals surface area contributed by atoms with Crippen molar-refractivity contribution in [1.29, 1.82) is 0 Å². The molecular formula is C9H9ClO4S. The molecule has 0 saturated carbocycles. The van der Waals surface area contributed by atoms with Gasteiger partial charge in [-0.3, -0.25) is 4.79 Å². The van der Waals surface area contributed by atoms with Crippen LogP contribution in [0.5, 0.6) is 5.75 Å². The van der Waals surface area contributed by atoms with Gasteiger partial charge in [-0.2, -0.15) is 8.42 Å². The molecule has 0 fully saturated rings. The molecule has 0 N–H and O–H groups in total. The van der Waals surface area contributed by atoms with E-state index in [2.05, 4.69) is 4.18 Å². The molecule has 0 aliphatic rings. The molecule has 0 aliphatic carbocycles. The SMILES string of the molecule is CC(=O)c1ccc(OS(C)(=O)=O)c(Cl)c1. The second kappa shape index (κ2) is 4.20. The van der Waals surface area contributed by atoms with Crippen molar-refractivity contribution in [3.8, 4) is 5.75 Å². The van der Waals surface area contributed by atoms with Gasteiger partial charge in [-0.05, 0) is 25.1 Å². The molecule has 6 heteroatoms. The normalized spacial score (nSPS) is 11.1. The molecule has 0 bridgehead atoms. The van der Waals surface area contributed by atoms with Crippen molar-refractivity contribution >= 4 is 27.5 Å². The Kier molecular flexibility index (Phi) is 3.36. The number of carbonyl (C=O) groups is 1. The summed E-state index contributed by atoms with van der Waals surface area (Å²) < 4.78 is 26.2. The van der Waals surface area contributed by atoms with Crippen molar-refractivity contribution in [1.82, 2.24) is 0 Å². The van der Waals surface area contributed by atoms with Crippen LogP contribution < -0.4 is 4.18 Å². The van der Waals surface area contributed by atoms with Gasteiger partial charge in [0.1, 0.15) is 0 Å². The minimum absolute atomic E-state index is 0.0177. The zero-order valence-corrected chi connectivity index (χ0v) is 9.72. The summed E-state index contributed by atoms with van der Waals surface area (Å²) in [6.45, 7) is 1.39. The maximum Gasteiger partial charge on any atom is 0.306 e. The highest BCUT2D eigenvalue weighted by Crippen LogP contribution is 2.26. The topological polar surface area (TPSA) is 60.4 Å². The summed E-state index contributed by atoms with van der Waals surface area (Å²) in [6.07, 6.45) is 0.919. The highest BCUT2D eigenvalue weighted by molar-refractivity contribution is 7.86. The fourth-order valence-corrected chi connectivity index (χ4v) is 1.69. The van der Waals surface area contributed by atoms with Crippen LogP contribution in [0.15, 0.2) is 18.2 Å². The van der Waals surface area contributed by atoms with Gasteiger partial charge in [0.25, 0.3) is 0 Å². The summed E-state index contributed by atoms with van der Waals surface area (Å²) in [5, 5.41) is 0.0909. The van der Waals surface area contributed by atoms with Crippen molar-refractivity contribution in [3.63, 3.8) is 0 Å². The van der Waals surface area contributed by atoms with Gasteiger partial charge >= 0.3 is 10.1 Å². The van der Waals surface area contributed by atoms with Crippen LogP contribution in [0.2, 0.25) is 5.02 Å². The van der Waals surface area contributed by atoms with Crippen LogP contribution in [0, 0.1) is 0 Å².